The zero-order valence-electron chi connectivity index (χ0n) is 16.6. The molecule has 5 heteroatoms. The van der Waals surface area contributed by atoms with E-state index < -0.39 is 0 Å². The molecule has 3 aromatic carbocycles. The van der Waals surface area contributed by atoms with E-state index in [1.165, 1.54) is 5.56 Å². The van der Waals surface area contributed by atoms with Gasteiger partial charge < -0.3 is 14.8 Å². The Hall–Kier alpha value is -2.98. The summed E-state index contributed by atoms with van der Waals surface area (Å²) in [6.07, 6.45) is 0. The minimum Gasteiger partial charge on any atom is -0.493 e. The number of benzene rings is 3. The van der Waals surface area contributed by atoms with E-state index in [1.807, 2.05) is 62.4 Å². The van der Waals surface area contributed by atoms with E-state index >= 15 is 0 Å². The van der Waals surface area contributed by atoms with Gasteiger partial charge in [-0.1, -0.05) is 47.5 Å². The van der Waals surface area contributed by atoms with Crippen LogP contribution in [0.15, 0.2) is 66.7 Å². The van der Waals surface area contributed by atoms with E-state index in [0.717, 1.165) is 16.9 Å². The number of rotatable bonds is 8. The van der Waals surface area contributed by atoms with Crippen LogP contribution in [0.1, 0.15) is 34.0 Å². The second-order valence-corrected chi connectivity index (χ2v) is 7.04. The molecule has 0 saturated carbocycles. The highest BCUT2D eigenvalue weighted by Gasteiger charge is 2.12. The molecule has 0 spiro atoms. The van der Waals surface area contributed by atoms with Crippen molar-refractivity contribution in [3.63, 3.8) is 0 Å². The molecule has 3 aromatic rings. The summed E-state index contributed by atoms with van der Waals surface area (Å²) in [5.41, 5.74) is 3.40. The Labute approximate surface area is 176 Å². The Morgan fingerprint density at radius 3 is 2.45 bits per heavy atom. The molecule has 1 amide bonds. The molecular formula is C24H24ClNO3. The first-order valence-corrected chi connectivity index (χ1v) is 9.91. The molecule has 150 valence electrons. The lowest BCUT2D eigenvalue weighted by Crippen LogP contribution is -2.23. The number of hydrogen-bond donors (Lipinski definition) is 1. The fraction of sp³-hybridized carbons (Fsp3) is 0.208. The summed E-state index contributed by atoms with van der Waals surface area (Å²) in [7, 11) is 0. The third-order valence-corrected chi connectivity index (χ3v) is 4.80. The number of hydrogen-bond acceptors (Lipinski definition) is 3. The van der Waals surface area contributed by atoms with Gasteiger partial charge in [0, 0.05) is 22.7 Å². The van der Waals surface area contributed by atoms with Crippen LogP contribution < -0.4 is 14.8 Å². The molecule has 3 rings (SSSR count). The van der Waals surface area contributed by atoms with Gasteiger partial charge in [0.25, 0.3) is 5.91 Å². The maximum absolute atomic E-state index is 12.6. The lowest BCUT2D eigenvalue weighted by Gasteiger charge is -2.14. The van der Waals surface area contributed by atoms with Crippen molar-refractivity contribution < 1.29 is 14.3 Å². The molecule has 29 heavy (non-hydrogen) atoms. The Kier molecular flexibility index (Phi) is 7.14. The molecule has 0 heterocycles. The largest absolute Gasteiger partial charge is 0.493 e. The number of halogens is 1. The summed E-state index contributed by atoms with van der Waals surface area (Å²) in [5, 5.41) is 3.54. The van der Waals surface area contributed by atoms with Gasteiger partial charge in [0.05, 0.1) is 6.61 Å². The maximum Gasteiger partial charge on any atom is 0.251 e. The molecule has 0 saturated heterocycles. The minimum absolute atomic E-state index is 0.176. The maximum atomic E-state index is 12.6. The first kappa shape index (κ1) is 20.7. The normalized spacial score (nSPS) is 10.4. The van der Waals surface area contributed by atoms with E-state index in [-0.39, 0.29) is 5.91 Å². The zero-order chi connectivity index (χ0) is 20.6. The van der Waals surface area contributed by atoms with Crippen molar-refractivity contribution in [2.24, 2.45) is 0 Å². The molecule has 0 aromatic heterocycles. The van der Waals surface area contributed by atoms with Crippen molar-refractivity contribution in [2.45, 2.75) is 27.0 Å². The molecule has 0 fully saturated rings. The van der Waals surface area contributed by atoms with Gasteiger partial charge in [0.1, 0.15) is 18.1 Å². The summed E-state index contributed by atoms with van der Waals surface area (Å²) in [6.45, 7) is 5.16. The van der Waals surface area contributed by atoms with Crippen LogP contribution in [0.3, 0.4) is 0 Å². The predicted molar refractivity (Wildman–Crippen MR) is 116 cm³/mol. The van der Waals surface area contributed by atoms with Crippen LogP contribution in [0.4, 0.5) is 0 Å². The number of amides is 1. The fourth-order valence-electron chi connectivity index (χ4n) is 2.84. The van der Waals surface area contributed by atoms with Gasteiger partial charge in [-0.05, 0) is 55.8 Å². The number of aryl methyl sites for hydroxylation is 1. The molecule has 4 nitrogen and oxygen atoms in total. The first-order valence-electron chi connectivity index (χ1n) is 9.53. The molecule has 0 aliphatic heterocycles. The topological polar surface area (TPSA) is 47.6 Å². The summed E-state index contributed by atoms with van der Waals surface area (Å²) in [4.78, 5) is 12.6. The molecule has 0 atom stereocenters. The first-order chi connectivity index (χ1) is 14.1. The lowest BCUT2D eigenvalue weighted by molar-refractivity contribution is 0.0950. The van der Waals surface area contributed by atoms with E-state index in [1.54, 1.807) is 18.2 Å². The van der Waals surface area contributed by atoms with Crippen molar-refractivity contribution in [1.29, 1.82) is 0 Å². The Morgan fingerprint density at radius 1 is 0.966 bits per heavy atom. The van der Waals surface area contributed by atoms with Gasteiger partial charge >= 0.3 is 0 Å². The summed E-state index contributed by atoms with van der Waals surface area (Å²) < 4.78 is 11.6. The van der Waals surface area contributed by atoms with Gasteiger partial charge in [-0.15, -0.1) is 0 Å². The van der Waals surface area contributed by atoms with Gasteiger partial charge in [0.15, 0.2) is 0 Å². The Balaban J connectivity index is 1.71. The monoisotopic (exact) mass is 409 g/mol. The lowest BCUT2D eigenvalue weighted by atomic mass is 10.1. The van der Waals surface area contributed by atoms with E-state index in [9.17, 15) is 4.79 Å². The predicted octanol–water partition coefficient (Wildman–Crippen LogP) is 5.56. The SMILES string of the molecule is CCOc1ccc(C(=O)NCc2ccccc2Cl)cc1COc1ccc(C)cc1. The number of carbonyl (C=O) groups is 1. The number of nitrogens with one attached hydrogen (secondary N) is 1. The van der Waals surface area contributed by atoms with Crippen molar-refractivity contribution in [3.8, 4) is 11.5 Å². The van der Waals surface area contributed by atoms with Gasteiger partial charge in [-0.25, -0.2) is 0 Å². The van der Waals surface area contributed by atoms with Crippen molar-refractivity contribution in [2.75, 3.05) is 6.61 Å². The van der Waals surface area contributed by atoms with Crippen LogP contribution in [0.25, 0.3) is 0 Å². The summed E-state index contributed by atoms with van der Waals surface area (Å²) >= 11 is 6.16. The van der Waals surface area contributed by atoms with Crippen LogP contribution in [-0.4, -0.2) is 12.5 Å². The van der Waals surface area contributed by atoms with Crippen LogP contribution in [0.2, 0.25) is 5.02 Å². The van der Waals surface area contributed by atoms with Crippen molar-refractivity contribution in [3.05, 3.63) is 94.0 Å². The smallest absolute Gasteiger partial charge is 0.251 e. The van der Waals surface area contributed by atoms with Gasteiger partial charge in [0.2, 0.25) is 0 Å². The third-order valence-electron chi connectivity index (χ3n) is 4.44. The highest BCUT2D eigenvalue weighted by molar-refractivity contribution is 6.31. The number of carbonyl (C=O) groups excluding carboxylic acids is 1. The fourth-order valence-corrected chi connectivity index (χ4v) is 3.05. The van der Waals surface area contributed by atoms with E-state index in [2.05, 4.69) is 5.32 Å². The second-order valence-electron chi connectivity index (χ2n) is 6.63. The third kappa shape index (κ3) is 5.75. The van der Waals surface area contributed by atoms with Crippen LogP contribution in [0, 0.1) is 6.92 Å². The van der Waals surface area contributed by atoms with Gasteiger partial charge in [-0.3, -0.25) is 4.79 Å². The van der Waals surface area contributed by atoms with Gasteiger partial charge in [-0.2, -0.15) is 0 Å². The number of ether oxygens (including phenoxy) is 2. The van der Waals surface area contributed by atoms with Crippen LogP contribution >= 0.6 is 11.6 Å². The highest BCUT2D eigenvalue weighted by Crippen LogP contribution is 2.23. The van der Waals surface area contributed by atoms with E-state index in [4.69, 9.17) is 21.1 Å². The Bertz CT molecular complexity index is 970. The van der Waals surface area contributed by atoms with Crippen LogP contribution in [-0.2, 0) is 13.2 Å². The molecular weight excluding hydrogens is 386 g/mol. The molecule has 0 radical (unpaired) electrons. The molecule has 1 N–H and O–H groups in total. The molecule has 0 aliphatic carbocycles. The Morgan fingerprint density at radius 2 is 1.72 bits per heavy atom. The quantitative estimate of drug-likeness (QED) is 0.530. The molecule has 0 bridgehead atoms. The molecule has 0 unspecified atom stereocenters. The van der Waals surface area contributed by atoms with Crippen molar-refractivity contribution >= 4 is 17.5 Å². The second kappa shape index (κ2) is 9.99. The van der Waals surface area contributed by atoms with Crippen molar-refractivity contribution in [1.82, 2.24) is 5.32 Å². The molecule has 0 aliphatic rings. The minimum atomic E-state index is -0.176. The van der Waals surface area contributed by atoms with E-state index in [0.29, 0.717) is 36.1 Å². The standard InChI is InChI=1S/C24H24ClNO3/c1-3-28-23-13-10-18(24(27)26-15-19-6-4-5-7-22(19)25)14-20(23)16-29-21-11-8-17(2)9-12-21/h4-14H,3,15-16H2,1-2H3,(H,26,27). The summed E-state index contributed by atoms with van der Waals surface area (Å²) in [6, 6.07) is 20.7. The zero-order valence-corrected chi connectivity index (χ0v) is 17.3. The highest BCUT2D eigenvalue weighted by atomic mass is 35.5. The average molecular weight is 410 g/mol. The summed E-state index contributed by atoms with van der Waals surface area (Å²) in [5.74, 6) is 1.30. The van der Waals surface area contributed by atoms with Crippen LogP contribution in [0.5, 0.6) is 11.5 Å². The average Bonchev–Trinajstić information content (AvgIpc) is 2.73.